The predicted molar refractivity (Wildman–Crippen MR) is 69.8 cm³/mol. The van der Waals surface area contributed by atoms with Gasteiger partial charge in [-0.25, -0.2) is 4.98 Å². The van der Waals surface area contributed by atoms with Crippen LogP contribution in [0.3, 0.4) is 0 Å². The first kappa shape index (κ1) is 11.2. The predicted octanol–water partition coefficient (Wildman–Crippen LogP) is 1.22. The Labute approximate surface area is 109 Å². The van der Waals surface area contributed by atoms with E-state index in [0.717, 1.165) is 23.3 Å². The van der Waals surface area contributed by atoms with Gasteiger partial charge in [-0.1, -0.05) is 12.1 Å². The van der Waals surface area contributed by atoms with Crippen molar-refractivity contribution in [2.75, 3.05) is 24.5 Å². The molecule has 2 heterocycles. The molecule has 2 aromatic rings. The molecule has 6 heteroatoms. The number of halogens is 1. The minimum absolute atomic E-state index is 0.0000609. The Bertz CT molecular complexity index is 616. The average molecular weight is 263 g/mol. The number of hydrogen-bond acceptors (Lipinski definition) is 4. The molecular formula is C12H11ClN4O. The van der Waals surface area contributed by atoms with Gasteiger partial charge < -0.3 is 10.2 Å². The smallest absolute Gasteiger partial charge is 0.239 e. The van der Waals surface area contributed by atoms with Crippen LogP contribution in [0.5, 0.6) is 0 Å². The van der Waals surface area contributed by atoms with E-state index in [2.05, 4.69) is 15.3 Å². The van der Waals surface area contributed by atoms with Crippen molar-refractivity contribution in [2.45, 2.75) is 0 Å². The second kappa shape index (κ2) is 4.42. The number of para-hydroxylation sites is 1. The van der Waals surface area contributed by atoms with Gasteiger partial charge in [-0.2, -0.15) is 4.98 Å². The number of nitrogens with zero attached hydrogens (tertiary/aromatic N) is 3. The molecule has 0 bridgehead atoms. The zero-order chi connectivity index (χ0) is 12.5. The van der Waals surface area contributed by atoms with Gasteiger partial charge in [-0.05, 0) is 23.7 Å². The van der Waals surface area contributed by atoms with Crippen molar-refractivity contribution in [1.29, 1.82) is 0 Å². The fraction of sp³-hybridized carbons (Fsp3) is 0.250. The number of aromatic nitrogens is 2. The van der Waals surface area contributed by atoms with Crippen LogP contribution in [0.1, 0.15) is 0 Å². The van der Waals surface area contributed by atoms with Crippen LogP contribution in [-0.2, 0) is 4.79 Å². The minimum atomic E-state index is 0.0000609. The van der Waals surface area contributed by atoms with Crippen LogP contribution in [0.25, 0.3) is 10.9 Å². The summed E-state index contributed by atoms with van der Waals surface area (Å²) in [5.74, 6) is 0.723. The van der Waals surface area contributed by atoms with E-state index in [0.29, 0.717) is 13.1 Å². The molecule has 0 unspecified atom stereocenters. The molecule has 1 saturated heterocycles. The SMILES string of the molecule is O=C1CN(c2nc(Cl)nc3ccccc23)CCN1. The van der Waals surface area contributed by atoms with Gasteiger partial charge >= 0.3 is 0 Å². The number of rotatable bonds is 1. The summed E-state index contributed by atoms with van der Waals surface area (Å²) in [7, 11) is 0. The number of piperazine rings is 1. The summed E-state index contributed by atoms with van der Waals surface area (Å²) in [6, 6.07) is 7.65. The number of carbonyl (C=O) groups excluding carboxylic acids is 1. The number of anilines is 1. The van der Waals surface area contributed by atoms with Crippen molar-refractivity contribution in [3.8, 4) is 0 Å². The molecule has 1 amide bonds. The van der Waals surface area contributed by atoms with Crippen molar-refractivity contribution < 1.29 is 4.79 Å². The van der Waals surface area contributed by atoms with Gasteiger partial charge in [0.2, 0.25) is 11.2 Å². The van der Waals surface area contributed by atoms with Gasteiger partial charge in [0, 0.05) is 18.5 Å². The lowest BCUT2D eigenvalue weighted by Gasteiger charge is -2.28. The molecule has 0 radical (unpaired) electrons. The first-order valence-electron chi connectivity index (χ1n) is 5.68. The van der Waals surface area contributed by atoms with Crippen LogP contribution in [0.15, 0.2) is 24.3 Å². The van der Waals surface area contributed by atoms with E-state index in [1.807, 2.05) is 29.2 Å². The van der Waals surface area contributed by atoms with Crippen LogP contribution in [0.4, 0.5) is 5.82 Å². The van der Waals surface area contributed by atoms with E-state index in [-0.39, 0.29) is 11.2 Å². The first-order chi connectivity index (χ1) is 8.74. The molecule has 92 valence electrons. The van der Waals surface area contributed by atoms with Crippen molar-refractivity contribution in [3.63, 3.8) is 0 Å². The van der Waals surface area contributed by atoms with Crippen LogP contribution < -0.4 is 10.2 Å². The van der Waals surface area contributed by atoms with Crippen molar-refractivity contribution in [3.05, 3.63) is 29.5 Å². The number of amides is 1. The highest BCUT2D eigenvalue weighted by Crippen LogP contribution is 2.25. The number of benzene rings is 1. The molecule has 3 rings (SSSR count). The van der Waals surface area contributed by atoms with Gasteiger partial charge in [0.1, 0.15) is 5.82 Å². The van der Waals surface area contributed by atoms with Crippen LogP contribution in [0, 0.1) is 0 Å². The summed E-state index contributed by atoms with van der Waals surface area (Å²) in [4.78, 5) is 21.8. The highest BCUT2D eigenvalue weighted by Gasteiger charge is 2.20. The molecule has 5 nitrogen and oxygen atoms in total. The molecule has 0 saturated carbocycles. The van der Waals surface area contributed by atoms with E-state index in [1.54, 1.807) is 0 Å². The highest BCUT2D eigenvalue weighted by molar-refractivity contribution is 6.28. The summed E-state index contributed by atoms with van der Waals surface area (Å²) < 4.78 is 0. The molecule has 1 aromatic carbocycles. The zero-order valence-electron chi connectivity index (χ0n) is 9.56. The Kier molecular flexibility index (Phi) is 2.76. The zero-order valence-corrected chi connectivity index (χ0v) is 10.3. The summed E-state index contributed by atoms with van der Waals surface area (Å²) >= 11 is 5.93. The van der Waals surface area contributed by atoms with Gasteiger partial charge in [-0.3, -0.25) is 4.79 Å². The molecule has 0 spiro atoms. The lowest BCUT2D eigenvalue weighted by Crippen LogP contribution is -2.48. The first-order valence-corrected chi connectivity index (χ1v) is 6.06. The fourth-order valence-electron chi connectivity index (χ4n) is 2.09. The summed E-state index contributed by atoms with van der Waals surface area (Å²) in [6.45, 7) is 1.65. The van der Waals surface area contributed by atoms with Gasteiger partial charge in [0.05, 0.1) is 12.1 Å². The lowest BCUT2D eigenvalue weighted by molar-refractivity contribution is -0.120. The van der Waals surface area contributed by atoms with Crippen molar-refractivity contribution in [1.82, 2.24) is 15.3 Å². The number of hydrogen-bond donors (Lipinski definition) is 1. The summed E-state index contributed by atoms with van der Waals surface area (Å²) in [6.07, 6.45) is 0. The number of fused-ring (bicyclic) bond motifs is 1. The third-order valence-corrected chi connectivity index (χ3v) is 3.06. The number of nitrogens with one attached hydrogen (secondary N) is 1. The standard InChI is InChI=1S/C12H11ClN4O/c13-12-15-9-4-2-1-3-8(9)11(16-12)17-6-5-14-10(18)7-17/h1-4H,5-7H2,(H,14,18). The molecule has 18 heavy (non-hydrogen) atoms. The minimum Gasteiger partial charge on any atom is -0.353 e. The maximum Gasteiger partial charge on any atom is 0.239 e. The lowest BCUT2D eigenvalue weighted by atomic mass is 10.2. The van der Waals surface area contributed by atoms with Crippen molar-refractivity contribution >= 4 is 34.2 Å². The summed E-state index contributed by atoms with van der Waals surface area (Å²) in [5.41, 5.74) is 0.790. The van der Waals surface area contributed by atoms with E-state index < -0.39 is 0 Å². The Morgan fingerprint density at radius 3 is 2.94 bits per heavy atom. The van der Waals surface area contributed by atoms with E-state index in [1.165, 1.54) is 0 Å². The normalized spacial score (nSPS) is 15.8. The molecule has 1 aliphatic heterocycles. The average Bonchev–Trinajstić information content (AvgIpc) is 2.37. The van der Waals surface area contributed by atoms with Crippen LogP contribution in [0.2, 0.25) is 5.28 Å². The largest absolute Gasteiger partial charge is 0.353 e. The van der Waals surface area contributed by atoms with Gasteiger partial charge in [-0.15, -0.1) is 0 Å². The molecule has 1 aliphatic rings. The van der Waals surface area contributed by atoms with Crippen LogP contribution >= 0.6 is 11.6 Å². The van der Waals surface area contributed by atoms with Gasteiger partial charge in [0.25, 0.3) is 0 Å². The third-order valence-electron chi connectivity index (χ3n) is 2.89. The Morgan fingerprint density at radius 2 is 2.11 bits per heavy atom. The van der Waals surface area contributed by atoms with E-state index in [9.17, 15) is 4.79 Å². The fourth-order valence-corrected chi connectivity index (χ4v) is 2.26. The molecule has 1 aromatic heterocycles. The quantitative estimate of drug-likeness (QED) is 0.785. The Hall–Kier alpha value is -1.88. The Balaban J connectivity index is 2.12. The topological polar surface area (TPSA) is 58.1 Å². The van der Waals surface area contributed by atoms with E-state index in [4.69, 9.17) is 11.6 Å². The molecule has 0 aliphatic carbocycles. The molecule has 0 atom stereocenters. The van der Waals surface area contributed by atoms with E-state index >= 15 is 0 Å². The highest BCUT2D eigenvalue weighted by atomic mass is 35.5. The second-order valence-electron chi connectivity index (χ2n) is 4.10. The second-order valence-corrected chi connectivity index (χ2v) is 4.44. The molecule has 1 N–H and O–H groups in total. The maximum atomic E-state index is 11.4. The monoisotopic (exact) mass is 262 g/mol. The summed E-state index contributed by atoms with van der Waals surface area (Å²) in [5, 5.41) is 3.90. The number of carbonyl (C=O) groups is 1. The van der Waals surface area contributed by atoms with Crippen LogP contribution in [-0.4, -0.2) is 35.5 Å². The third kappa shape index (κ3) is 1.97. The molecular weight excluding hydrogens is 252 g/mol. The maximum absolute atomic E-state index is 11.4. The van der Waals surface area contributed by atoms with Gasteiger partial charge in [0.15, 0.2) is 0 Å². The van der Waals surface area contributed by atoms with Crippen molar-refractivity contribution in [2.24, 2.45) is 0 Å². The Morgan fingerprint density at radius 1 is 1.28 bits per heavy atom. The molecule has 1 fully saturated rings.